The number of hydrogen-bond donors (Lipinski definition) is 2. The number of aromatic nitrogens is 1. The fourth-order valence-electron chi connectivity index (χ4n) is 2.42. The first-order chi connectivity index (χ1) is 12.9. The van der Waals surface area contributed by atoms with Gasteiger partial charge in [0, 0.05) is 14.5 Å². The minimum Gasteiger partial charge on any atom is -0.459 e. The first kappa shape index (κ1) is 19.6. The van der Waals surface area contributed by atoms with Crippen molar-refractivity contribution >= 4 is 50.9 Å². The lowest BCUT2D eigenvalue weighted by Gasteiger charge is -2.20. The molecule has 0 saturated carbocycles. The van der Waals surface area contributed by atoms with E-state index in [9.17, 15) is 9.59 Å². The molecule has 0 radical (unpaired) electrons. The zero-order valence-corrected chi connectivity index (χ0v) is 17.7. The molecule has 1 aromatic carbocycles. The van der Waals surface area contributed by atoms with Crippen LogP contribution in [-0.2, 0) is 4.79 Å². The molecule has 2 amide bonds. The van der Waals surface area contributed by atoms with Gasteiger partial charge in [0.05, 0.1) is 12.0 Å². The van der Waals surface area contributed by atoms with Gasteiger partial charge in [-0.3, -0.25) is 9.59 Å². The second-order valence-corrected chi connectivity index (χ2v) is 8.31. The Labute approximate surface area is 174 Å². The maximum absolute atomic E-state index is 12.7. The van der Waals surface area contributed by atoms with Crippen LogP contribution in [0.3, 0.4) is 0 Å². The maximum Gasteiger partial charge on any atom is 0.287 e. The molecule has 2 N–H and O–H groups in total. The van der Waals surface area contributed by atoms with Crippen molar-refractivity contribution in [1.29, 1.82) is 0 Å². The van der Waals surface area contributed by atoms with Crippen LogP contribution < -0.4 is 10.6 Å². The highest BCUT2D eigenvalue weighted by Gasteiger charge is 2.26. The van der Waals surface area contributed by atoms with E-state index in [0.717, 1.165) is 14.8 Å². The smallest absolute Gasteiger partial charge is 0.287 e. The van der Waals surface area contributed by atoms with E-state index < -0.39 is 11.9 Å². The Morgan fingerprint density at radius 3 is 2.56 bits per heavy atom. The molecule has 0 bridgehead atoms. The summed E-state index contributed by atoms with van der Waals surface area (Å²) in [5, 5.41) is 7.90. The van der Waals surface area contributed by atoms with Crippen molar-refractivity contribution in [3.05, 3.63) is 57.4 Å². The average Bonchev–Trinajstić information content (AvgIpc) is 3.31. The van der Waals surface area contributed by atoms with E-state index >= 15 is 0 Å². The largest absolute Gasteiger partial charge is 0.459 e. The predicted molar refractivity (Wildman–Crippen MR) is 114 cm³/mol. The second kappa shape index (κ2) is 8.66. The summed E-state index contributed by atoms with van der Waals surface area (Å²) in [4.78, 5) is 29.3. The third kappa shape index (κ3) is 4.95. The van der Waals surface area contributed by atoms with Gasteiger partial charge in [0.2, 0.25) is 5.91 Å². The van der Waals surface area contributed by atoms with Crippen molar-refractivity contribution in [2.24, 2.45) is 5.92 Å². The summed E-state index contributed by atoms with van der Waals surface area (Å²) >= 11 is 3.59. The Morgan fingerprint density at radius 1 is 1.19 bits per heavy atom. The fraction of sp³-hybridized carbons (Fsp3) is 0.211. The number of amides is 2. The molecule has 0 aliphatic carbocycles. The molecule has 0 saturated heterocycles. The second-order valence-electron chi connectivity index (χ2n) is 6.21. The number of halogens is 1. The average molecular weight is 495 g/mol. The fourth-order valence-corrected chi connectivity index (χ4v) is 3.50. The van der Waals surface area contributed by atoms with Crippen LogP contribution in [0, 0.1) is 9.49 Å². The number of carbonyl (C=O) groups excluding carboxylic acids is 2. The summed E-state index contributed by atoms with van der Waals surface area (Å²) in [7, 11) is 0. The molecule has 0 spiro atoms. The van der Waals surface area contributed by atoms with Crippen LogP contribution in [0.1, 0.15) is 24.4 Å². The Morgan fingerprint density at radius 2 is 1.93 bits per heavy atom. The summed E-state index contributed by atoms with van der Waals surface area (Å²) in [5.74, 6) is -0.663. The SMILES string of the molecule is CC(C)[C@H](NC(=O)c1ccco1)C(=O)Nc1nc(-c2ccc(I)cc2)cs1. The zero-order chi connectivity index (χ0) is 19.4. The van der Waals surface area contributed by atoms with Gasteiger partial charge in [0.15, 0.2) is 10.9 Å². The normalized spacial score (nSPS) is 12.0. The van der Waals surface area contributed by atoms with E-state index in [4.69, 9.17) is 4.42 Å². The predicted octanol–water partition coefficient (Wildman–Crippen LogP) is 4.40. The van der Waals surface area contributed by atoms with Crippen LogP contribution in [0.25, 0.3) is 11.3 Å². The molecular formula is C19H18IN3O3S. The first-order valence-electron chi connectivity index (χ1n) is 8.30. The first-order valence-corrected chi connectivity index (χ1v) is 10.3. The molecule has 1 atom stereocenters. The van der Waals surface area contributed by atoms with Gasteiger partial charge in [-0.05, 0) is 52.8 Å². The number of carbonyl (C=O) groups is 2. The van der Waals surface area contributed by atoms with E-state index in [1.165, 1.54) is 17.6 Å². The van der Waals surface area contributed by atoms with E-state index in [2.05, 4.69) is 38.2 Å². The van der Waals surface area contributed by atoms with Gasteiger partial charge in [-0.1, -0.05) is 26.0 Å². The number of nitrogens with zero attached hydrogens (tertiary/aromatic N) is 1. The number of rotatable bonds is 6. The standard InChI is InChI=1S/C19H18IN3O3S/c1-11(2)16(22-17(24)15-4-3-9-26-15)18(25)23-19-21-14(10-27-19)12-5-7-13(20)8-6-12/h3-11,16H,1-2H3,(H,22,24)(H,21,23,25)/t16-/m0/s1. The van der Waals surface area contributed by atoms with E-state index in [1.807, 2.05) is 43.5 Å². The minimum atomic E-state index is -0.701. The molecule has 3 aromatic rings. The van der Waals surface area contributed by atoms with Crippen LogP contribution in [-0.4, -0.2) is 22.8 Å². The van der Waals surface area contributed by atoms with Gasteiger partial charge in [-0.15, -0.1) is 11.3 Å². The number of hydrogen-bond acceptors (Lipinski definition) is 5. The molecule has 0 unspecified atom stereocenters. The van der Waals surface area contributed by atoms with Gasteiger partial charge in [0.25, 0.3) is 5.91 Å². The van der Waals surface area contributed by atoms with Crippen LogP contribution >= 0.6 is 33.9 Å². The Bertz CT molecular complexity index is 920. The van der Waals surface area contributed by atoms with Gasteiger partial charge in [-0.25, -0.2) is 4.98 Å². The lowest BCUT2D eigenvalue weighted by atomic mass is 10.0. The number of nitrogens with one attached hydrogen (secondary N) is 2. The van der Waals surface area contributed by atoms with Crippen molar-refractivity contribution in [2.75, 3.05) is 5.32 Å². The monoisotopic (exact) mass is 495 g/mol. The summed E-state index contributed by atoms with van der Waals surface area (Å²) in [5.41, 5.74) is 1.78. The lowest BCUT2D eigenvalue weighted by Crippen LogP contribution is -2.47. The Hall–Kier alpha value is -2.20. The van der Waals surface area contributed by atoms with Gasteiger partial charge >= 0.3 is 0 Å². The maximum atomic E-state index is 12.7. The van der Waals surface area contributed by atoms with Crippen LogP contribution in [0.2, 0.25) is 0 Å². The molecule has 8 heteroatoms. The van der Waals surface area contributed by atoms with Crippen molar-refractivity contribution in [3.8, 4) is 11.3 Å². The lowest BCUT2D eigenvalue weighted by molar-refractivity contribution is -0.118. The molecule has 2 heterocycles. The van der Waals surface area contributed by atoms with Crippen molar-refractivity contribution < 1.29 is 14.0 Å². The number of benzene rings is 1. The molecule has 0 fully saturated rings. The van der Waals surface area contributed by atoms with Crippen LogP contribution in [0.4, 0.5) is 5.13 Å². The van der Waals surface area contributed by atoms with Crippen LogP contribution in [0.5, 0.6) is 0 Å². The summed E-state index contributed by atoms with van der Waals surface area (Å²) in [6.07, 6.45) is 1.42. The molecule has 0 aliphatic rings. The van der Waals surface area contributed by atoms with E-state index in [1.54, 1.807) is 12.1 Å². The molecule has 2 aromatic heterocycles. The number of furan rings is 1. The van der Waals surface area contributed by atoms with Crippen molar-refractivity contribution in [1.82, 2.24) is 10.3 Å². The summed E-state index contributed by atoms with van der Waals surface area (Å²) in [6.45, 7) is 3.73. The van der Waals surface area contributed by atoms with E-state index in [-0.39, 0.29) is 17.6 Å². The van der Waals surface area contributed by atoms with Gasteiger partial charge in [0.1, 0.15) is 6.04 Å². The number of anilines is 1. The molecule has 0 aliphatic heterocycles. The van der Waals surface area contributed by atoms with Crippen LogP contribution in [0.15, 0.2) is 52.5 Å². The Balaban J connectivity index is 1.69. The Kier molecular flexibility index (Phi) is 6.27. The molecule has 140 valence electrons. The van der Waals surface area contributed by atoms with Gasteiger partial charge in [-0.2, -0.15) is 0 Å². The molecular weight excluding hydrogens is 477 g/mol. The zero-order valence-electron chi connectivity index (χ0n) is 14.7. The highest BCUT2D eigenvalue weighted by Crippen LogP contribution is 2.25. The highest BCUT2D eigenvalue weighted by molar-refractivity contribution is 14.1. The summed E-state index contributed by atoms with van der Waals surface area (Å²) in [6, 6.07) is 10.5. The highest BCUT2D eigenvalue weighted by atomic mass is 127. The number of thiazole rings is 1. The van der Waals surface area contributed by atoms with Gasteiger partial charge < -0.3 is 15.1 Å². The molecule has 3 rings (SSSR count). The topological polar surface area (TPSA) is 84.2 Å². The van der Waals surface area contributed by atoms with Crippen molar-refractivity contribution in [3.63, 3.8) is 0 Å². The molecule has 6 nitrogen and oxygen atoms in total. The minimum absolute atomic E-state index is 0.0976. The third-order valence-corrected chi connectivity index (χ3v) is 5.33. The molecule has 27 heavy (non-hydrogen) atoms. The summed E-state index contributed by atoms with van der Waals surface area (Å²) < 4.78 is 6.23. The van der Waals surface area contributed by atoms with Crippen molar-refractivity contribution in [2.45, 2.75) is 19.9 Å². The third-order valence-electron chi connectivity index (χ3n) is 3.86. The van der Waals surface area contributed by atoms with E-state index in [0.29, 0.717) is 5.13 Å². The quantitative estimate of drug-likeness (QED) is 0.497.